The van der Waals surface area contributed by atoms with Gasteiger partial charge in [0.25, 0.3) is 0 Å². The van der Waals surface area contributed by atoms with Crippen molar-refractivity contribution in [1.29, 1.82) is 0 Å². The Kier molecular flexibility index (Phi) is 13.5. The van der Waals surface area contributed by atoms with Gasteiger partial charge >= 0.3 is 90.5 Å². The number of hydrogen-bond donors (Lipinski definition) is 3. The lowest BCUT2D eigenvalue weighted by Gasteiger charge is -2.42. The molecule has 0 spiro atoms. The van der Waals surface area contributed by atoms with Crippen LogP contribution in [0.1, 0.15) is 17.5 Å². The average molecular weight is 944 g/mol. The maximum absolute atomic E-state index is 15.2. The Balaban J connectivity index is 4.36. The molecule has 0 saturated carbocycles. The van der Waals surface area contributed by atoms with Crippen molar-refractivity contribution >= 4 is 18.5 Å². The molecule has 36 heteroatoms. The Labute approximate surface area is 302 Å². The molecular weight excluding hydrogens is 933 g/mol. The number of amides is 1. The second-order valence-corrected chi connectivity index (χ2v) is 11.2. The molecule has 0 saturated heterocycles. The van der Waals surface area contributed by atoms with Gasteiger partial charge in [0.1, 0.15) is 0 Å². The first-order valence-corrected chi connectivity index (χ1v) is 13.6. The van der Waals surface area contributed by atoms with Crippen molar-refractivity contribution in [3.05, 3.63) is 29.3 Å². The number of benzene rings is 1. The van der Waals surface area contributed by atoms with Crippen LogP contribution in [0, 0.1) is 0 Å². The van der Waals surface area contributed by atoms with E-state index in [4.69, 9.17) is 5.73 Å². The first-order chi connectivity index (χ1) is 25.5. The highest BCUT2D eigenvalue weighted by molar-refractivity contribution is 6.60. The van der Waals surface area contributed by atoms with Crippen LogP contribution >= 0.6 is 0 Å². The Bertz CT molecular complexity index is 1690. The number of carbonyl (C=O) groups excluding carboxylic acids is 1. The first kappa shape index (κ1) is 53.6. The minimum Gasteiger partial charge on any atom is -0.422 e. The predicted molar refractivity (Wildman–Crippen MR) is 126 cm³/mol. The van der Waals surface area contributed by atoms with Crippen LogP contribution in [0.3, 0.4) is 0 Å². The summed E-state index contributed by atoms with van der Waals surface area (Å²) in [5.41, 5.74) is -5.46. The number of carbonyl (C=O) groups is 1. The fourth-order valence-electron chi connectivity index (χ4n) is 3.89. The number of alkyl halides is 30. The highest BCUT2D eigenvalue weighted by Crippen LogP contribution is 2.66. The second-order valence-electron chi connectivity index (χ2n) is 11.2. The summed E-state index contributed by atoms with van der Waals surface area (Å²) in [4.78, 5) is 11.4. The van der Waals surface area contributed by atoms with Gasteiger partial charge in [0.15, 0.2) is 0 Å². The molecular formula is C23H11BF30N2O3. The minimum absolute atomic E-state index is 0.774. The van der Waals surface area contributed by atoms with Crippen molar-refractivity contribution in [2.24, 2.45) is 5.73 Å². The van der Waals surface area contributed by atoms with Gasteiger partial charge < -0.3 is 10.8 Å². The van der Waals surface area contributed by atoms with Crippen LogP contribution in [0.2, 0.25) is 0 Å². The lowest BCUT2D eigenvalue weighted by atomic mass is 9.72. The van der Waals surface area contributed by atoms with Gasteiger partial charge in [-0.2, -0.15) is 132 Å². The van der Waals surface area contributed by atoms with Gasteiger partial charge in [-0.1, -0.05) is 12.1 Å². The number of hydroxylamine groups is 1. The third kappa shape index (κ3) is 7.51. The van der Waals surface area contributed by atoms with Crippen LogP contribution in [0.4, 0.5) is 132 Å². The Morgan fingerprint density at radius 1 is 0.508 bits per heavy atom. The van der Waals surface area contributed by atoms with Crippen molar-refractivity contribution in [2.45, 2.75) is 89.8 Å². The van der Waals surface area contributed by atoms with E-state index in [1.807, 2.05) is 0 Å². The molecule has 1 aromatic carbocycles. The second kappa shape index (κ2) is 14.9. The standard InChI is InChI=1S/C23H11BF30N2O3/c25-10(26,12(29,30)14(33,34)16(37,38)18(41,42)20(45,46)22(49,50)51)6-1-2-8(24(58)59-56-9(57)3-4-55)7(5-6)11(27,28)13(31,32)15(35,36)17(39,40)19(43,44)21(47,48)23(52,53)54/h1-2,5,58H,3-4,55H2,(H,56,57). The highest BCUT2D eigenvalue weighted by Gasteiger charge is 2.95. The zero-order chi connectivity index (χ0) is 47.8. The molecule has 0 unspecified atom stereocenters. The van der Waals surface area contributed by atoms with Crippen molar-refractivity contribution < 1.29 is 146 Å². The van der Waals surface area contributed by atoms with Crippen molar-refractivity contribution in [3.63, 3.8) is 0 Å². The summed E-state index contributed by atoms with van der Waals surface area (Å²) in [7, 11) is -4.03. The molecule has 344 valence electrons. The van der Waals surface area contributed by atoms with Gasteiger partial charge in [-0.15, -0.1) is 0 Å². The molecule has 0 fully saturated rings. The molecule has 0 atom stereocenters. The summed E-state index contributed by atoms with van der Waals surface area (Å²) in [6.45, 7) is -0.774. The van der Waals surface area contributed by atoms with E-state index in [2.05, 4.69) is 4.76 Å². The molecule has 5 nitrogen and oxygen atoms in total. The van der Waals surface area contributed by atoms with E-state index < -0.39 is 144 Å². The Hall–Kier alpha value is -3.47. The van der Waals surface area contributed by atoms with Gasteiger partial charge in [0.05, 0.1) is 0 Å². The van der Waals surface area contributed by atoms with Crippen LogP contribution in [-0.2, 0) is 21.4 Å². The summed E-state index contributed by atoms with van der Waals surface area (Å²) in [6, 6.07) is -4.95. The van der Waals surface area contributed by atoms with Gasteiger partial charge in [-0.25, -0.2) is 5.48 Å². The maximum atomic E-state index is 15.2. The SMILES string of the molecule is NCCC(=O)NOB(O)c1ccc(C(F)(F)C(F)(F)C(F)(F)C(F)(F)C(F)(F)C(F)(F)C(F)(F)F)cc1C(F)(F)C(F)(F)C(F)(F)C(F)(F)C(F)(F)C(F)(F)C(F)(F)F. The summed E-state index contributed by atoms with van der Waals surface area (Å²) in [5, 5.41) is 9.83. The first-order valence-electron chi connectivity index (χ1n) is 13.6. The number of halogens is 30. The van der Waals surface area contributed by atoms with E-state index in [9.17, 15) is 133 Å². The van der Waals surface area contributed by atoms with Crippen LogP contribution in [0.25, 0.3) is 0 Å². The highest BCUT2D eigenvalue weighted by atomic mass is 19.4. The molecule has 0 aliphatic carbocycles. The number of hydrogen-bond acceptors (Lipinski definition) is 4. The molecule has 59 heavy (non-hydrogen) atoms. The zero-order valence-electron chi connectivity index (χ0n) is 26.4. The molecule has 0 bridgehead atoms. The van der Waals surface area contributed by atoms with Crippen LogP contribution < -0.4 is 16.7 Å². The fourth-order valence-corrected chi connectivity index (χ4v) is 3.89. The summed E-state index contributed by atoms with van der Waals surface area (Å²) in [5.74, 6) is -107. The van der Waals surface area contributed by atoms with Gasteiger partial charge in [-0.05, 0) is 11.5 Å². The molecule has 0 aromatic heterocycles. The van der Waals surface area contributed by atoms with E-state index in [0.29, 0.717) is 0 Å². The molecule has 1 aromatic rings. The largest absolute Gasteiger partial charge is 0.514 e. The van der Waals surface area contributed by atoms with Crippen molar-refractivity contribution in [1.82, 2.24) is 5.48 Å². The molecule has 0 heterocycles. The third-order valence-corrected chi connectivity index (χ3v) is 7.33. The minimum atomic E-state index is -9.19. The Morgan fingerprint density at radius 3 is 1.14 bits per heavy atom. The molecule has 1 rings (SSSR count). The van der Waals surface area contributed by atoms with E-state index in [-0.39, 0.29) is 0 Å². The number of rotatable bonds is 17. The molecule has 0 aliphatic rings. The lowest BCUT2D eigenvalue weighted by Crippen LogP contribution is -2.72. The fraction of sp³-hybridized carbons (Fsp3) is 0.696. The van der Waals surface area contributed by atoms with E-state index >= 15 is 8.78 Å². The molecule has 0 radical (unpaired) electrons. The van der Waals surface area contributed by atoms with E-state index in [1.54, 1.807) is 0 Å². The number of nitrogens with one attached hydrogen (secondary N) is 1. The van der Waals surface area contributed by atoms with Crippen molar-refractivity contribution in [3.8, 4) is 0 Å². The summed E-state index contributed by atoms with van der Waals surface area (Å²) in [6.07, 6.45) is -17.3. The van der Waals surface area contributed by atoms with Gasteiger partial charge in [0, 0.05) is 24.1 Å². The third-order valence-electron chi connectivity index (χ3n) is 7.33. The smallest absolute Gasteiger partial charge is 0.422 e. The van der Waals surface area contributed by atoms with Crippen LogP contribution in [0.15, 0.2) is 18.2 Å². The topological polar surface area (TPSA) is 84.6 Å². The van der Waals surface area contributed by atoms with E-state index in [1.165, 1.54) is 0 Å². The Morgan fingerprint density at radius 2 is 0.814 bits per heavy atom. The normalized spacial score (nSPS) is 15.7. The van der Waals surface area contributed by atoms with E-state index in [0.717, 1.165) is 5.48 Å². The van der Waals surface area contributed by atoms with Gasteiger partial charge in [0.2, 0.25) is 5.91 Å². The quantitative estimate of drug-likeness (QED) is 0.0833. The maximum Gasteiger partial charge on any atom is 0.514 e. The predicted octanol–water partition coefficient (Wildman–Crippen LogP) is 8.43. The molecule has 1 amide bonds. The van der Waals surface area contributed by atoms with Crippen LogP contribution in [-0.4, -0.2) is 96.2 Å². The monoisotopic (exact) mass is 944 g/mol. The number of nitrogens with two attached hydrogens (primary N) is 1. The molecule has 0 aliphatic heterocycles. The van der Waals surface area contributed by atoms with Crippen molar-refractivity contribution in [2.75, 3.05) is 6.54 Å². The zero-order valence-corrected chi connectivity index (χ0v) is 26.4. The van der Waals surface area contributed by atoms with Crippen LogP contribution in [0.5, 0.6) is 0 Å². The average Bonchev–Trinajstić information content (AvgIpc) is 3.04. The summed E-state index contributed by atoms with van der Waals surface area (Å²) < 4.78 is 416. The molecule has 4 N–H and O–H groups in total. The summed E-state index contributed by atoms with van der Waals surface area (Å²) >= 11 is 0. The lowest BCUT2D eigenvalue weighted by molar-refractivity contribution is -0.454. The van der Waals surface area contributed by atoms with Gasteiger partial charge in [-0.3, -0.25) is 9.55 Å².